The van der Waals surface area contributed by atoms with Crippen LogP contribution in [0.3, 0.4) is 0 Å². The van der Waals surface area contributed by atoms with Crippen molar-refractivity contribution >= 4 is 17.3 Å². The number of halogens is 3. The van der Waals surface area contributed by atoms with Gasteiger partial charge in [-0.2, -0.15) is 13.2 Å². The molecule has 0 aromatic carbocycles. The first-order valence-electron chi connectivity index (χ1n) is 9.72. The van der Waals surface area contributed by atoms with Crippen LogP contribution in [0, 0.1) is 12.8 Å². The van der Waals surface area contributed by atoms with E-state index < -0.39 is 12.1 Å². The molecule has 2 aromatic heterocycles. The number of carbonyl (C=O) groups is 1. The van der Waals surface area contributed by atoms with E-state index in [1.807, 2.05) is 11.7 Å². The molecule has 2 aromatic rings. The Bertz CT molecular complexity index is 864. The van der Waals surface area contributed by atoms with Gasteiger partial charge >= 0.3 is 12.1 Å². The molecule has 7 nitrogen and oxygen atoms in total. The fourth-order valence-electron chi connectivity index (χ4n) is 3.21. The molecule has 2 aliphatic rings. The molecule has 1 fully saturated rings. The minimum absolute atomic E-state index is 0.336. The monoisotopic (exact) mass is 446 g/mol. The molecule has 30 heavy (non-hydrogen) atoms. The van der Waals surface area contributed by atoms with E-state index >= 15 is 0 Å². The molecule has 3 heterocycles. The Hall–Kier alpha value is -1.98. The number of nitrogens with zero attached hydrogens (tertiary/aromatic N) is 4. The lowest BCUT2D eigenvalue weighted by atomic mass is 10.2. The first-order valence-corrected chi connectivity index (χ1v) is 10.6. The standard InChI is InChI=1S/C17H24N4OS.C2HF3O2/c1-12-16(23-11-19-12)8-20-5-6-21-15(7-18-17(21)13(20)2)10-22-9-14-3-4-14;3-2(4,5)1(6)7/h7,11,13-14H,3-6,8-10H2,1-2H3;(H,6,7). The zero-order valence-corrected chi connectivity index (χ0v) is 17.7. The van der Waals surface area contributed by atoms with E-state index in [0.29, 0.717) is 12.6 Å². The Labute approximate surface area is 176 Å². The van der Waals surface area contributed by atoms with Gasteiger partial charge < -0.3 is 14.4 Å². The van der Waals surface area contributed by atoms with E-state index in [4.69, 9.17) is 14.6 Å². The molecule has 1 aliphatic carbocycles. The Morgan fingerprint density at radius 1 is 1.33 bits per heavy atom. The van der Waals surface area contributed by atoms with Crippen LogP contribution in [0.1, 0.15) is 47.9 Å². The number of imidazole rings is 1. The summed E-state index contributed by atoms with van der Waals surface area (Å²) in [6, 6.07) is 0.336. The van der Waals surface area contributed by atoms with Gasteiger partial charge in [-0.05, 0) is 32.6 Å². The number of carboxylic acid groups (broad SMARTS) is 1. The molecule has 11 heteroatoms. The minimum Gasteiger partial charge on any atom is -0.475 e. The number of thiazole rings is 1. The van der Waals surface area contributed by atoms with Gasteiger partial charge in [0.25, 0.3) is 0 Å². The molecule has 0 saturated heterocycles. The number of hydrogen-bond donors (Lipinski definition) is 1. The highest BCUT2D eigenvalue weighted by atomic mass is 32.1. The first-order chi connectivity index (χ1) is 14.2. The maximum atomic E-state index is 10.6. The van der Waals surface area contributed by atoms with E-state index in [0.717, 1.165) is 37.9 Å². The van der Waals surface area contributed by atoms with Gasteiger partial charge in [0.05, 0.1) is 35.7 Å². The molecule has 1 aliphatic heterocycles. The Kier molecular flexibility index (Phi) is 7.14. The molecule has 1 atom stereocenters. The normalized spacial score (nSPS) is 19.2. The number of fused-ring (bicyclic) bond motifs is 1. The second kappa shape index (κ2) is 9.44. The number of aromatic nitrogens is 3. The predicted octanol–water partition coefficient (Wildman–Crippen LogP) is 3.78. The molecule has 0 amide bonds. The maximum Gasteiger partial charge on any atom is 0.490 e. The van der Waals surface area contributed by atoms with Crippen molar-refractivity contribution in [3.8, 4) is 0 Å². The minimum atomic E-state index is -5.08. The van der Waals surface area contributed by atoms with Crippen molar-refractivity contribution < 1.29 is 27.8 Å². The molecule has 0 radical (unpaired) electrons. The zero-order chi connectivity index (χ0) is 21.9. The summed E-state index contributed by atoms with van der Waals surface area (Å²) in [5.74, 6) is -0.772. The van der Waals surface area contributed by atoms with E-state index in [9.17, 15) is 13.2 Å². The highest BCUT2D eigenvalue weighted by molar-refractivity contribution is 7.09. The summed E-state index contributed by atoms with van der Waals surface area (Å²) in [6.45, 7) is 8.98. The van der Waals surface area contributed by atoms with Crippen LogP contribution in [-0.4, -0.2) is 49.8 Å². The van der Waals surface area contributed by atoms with E-state index in [2.05, 4.69) is 33.3 Å². The lowest BCUT2D eigenvalue weighted by Crippen LogP contribution is -2.37. The Morgan fingerprint density at radius 3 is 2.60 bits per heavy atom. The summed E-state index contributed by atoms with van der Waals surface area (Å²) in [5, 5.41) is 7.12. The van der Waals surface area contributed by atoms with Gasteiger partial charge in [-0.15, -0.1) is 11.3 Å². The summed E-state index contributed by atoms with van der Waals surface area (Å²) in [6.07, 6.45) is -0.402. The Balaban J connectivity index is 0.000000318. The van der Waals surface area contributed by atoms with E-state index in [1.165, 1.54) is 29.2 Å². The third-order valence-corrected chi connectivity index (χ3v) is 6.16. The average molecular weight is 446 g/mol. The number of hydrogen-bond acceptors (Lipinski definition) is 6. The smallest absolute Gasteiger partial charge is 0.475 e. The van der Waals surface area contributed by atoms with Crippen molar-refractivity contribution in [2.75, 3.05) is 13.2 Å². The van der Waals surface area contributed by atoms with Crippen LogP contribution in [0.5, 0.6) is 0 Å². The second-order valence-electron chi connectivity index (χ2n) is 7.53. The number of aryl methyl sites for hydroxylation is 1. The van der Waals surface area contributed by atoms with Gasteiger partial charge in [0, 0.05) is 31.1 Å². The third-order valence-electron chi connectivity index (χ3n) is 5.24. The number of aliphatic carboxylic acids is 1. The highest BCUT2D eigenvalue weighted by Gasteiger charge is 2.38. The molecular weight excluding hydrogens is 421 g/mol. The zero-order valence-electron chi connectivity index (χ0n) is 16.9. The molecule has 0 bridgehead atoms. The van der Waals surface area contributed by atoms with Crippen LogP contribution in [0.25, 0.3) is 0 Å². The molecule has 1 unspecified atom stereocenters. The van der Waals surface area contributed by atoms with Gasteiger partial charge in [0.2, 0.25) is 0 Å². The van der Waals surface area contributed by atoms with Gasteiger partial charge in [0.1, 0.15) is 5.82 Å². The molecule has 0 spiro atoms. The quantitative estimate of drug-likeness (QED) is 0.727. The number of rotatable bonds is 6. The molecule has 1 saturated carbocycles. The molecule has 1 N–H and O–H groups in total. The number of alkyl halides is 3. The summed E-state index contributed by atoms with van der Waals surface area (Å²) >= 11 is 1.75. The summed E-state index contributed by atoms with van der Waals surface area (Å²) in [5.41, 5.74) is 4.32. The van der Waals surface area contributed by atoms with Crippen LogP contribution in [0.2, 0.25) is 0 Å². The van der Waals surface area contributed by atoms with Crippen molar-refractivity contribution in [3.05, 3.63) is 33.8 Å². The Morgan fingerprint density at radius 2 is 2.03 bits per heavy atom. The van der Waals surface area contributed by atoms with Gasteiger partial charge in [0.15, 0.2) is 0 Å². The predicted molar refractivity (Wildman–Crippen MR) is 104 cm³/mol. The second-order valence-corrected chi connectivity index (χ2v) is 8.47. The van der Waals surface area contributed by atoms with Crippen LogP contribution in [0.15, 0.2) is 11.7 Å². The summed E-state index contributed by atoms with van der Waals surface area (Å²) in [4.78, 5) is 21.8. The number of ether oxygens (including phenoxy) is 1. The van der Waals surface area contributed by atoms with Crippen molar-refractivity contribution in [3.63, 3.8) is 0 Å². The van der Waals surface area contributed by atoms with Gasteiger partial charge in [-0.1, -0.05) is 0 Å². The average Bonchev–Trinajstić information content (AvgIpc) is 3.27. The van der Waals surface area contributed by atoms with Crippen molar-refractivity contribution in [1.29, 1.82) is 0 Å². The summed E-state index contributed by atoms with van der Waals surface area (Å²) < 4.78 is 39.9. The van der Waals surface area contributed by atoms with Crippen LogP contribution in [-0.2, 0) is 29.2 Å². The van der Waals surface area contributed by atoms with Crippen LogP contribution < -0.4 is 0 Å². The third kappa shape index (κ3) is 5.79. The van der Waals surface area contributed by atoms with Crippen LogP contribution in [0.4, 0.5) is 13.2 Å². The lowest BCUT2D eigenvalue weighted by Gasteiger charge is -2.34. The maximum absolute atomic E-state index is 10.6. The first kappa shape index (κ1) is 22.7. The van der Waals surface area contributed by atoms with Crippen molar-refractivity contribution in [2.24, 2.45) is 5.92 Å². The summed E-state index contributed by atoms with van der Waals surface area (Å²) in [7, 11) is 0. The topological polar surface area (TPSA) is 80.5 Å². The largest absolute Gasteiger partial charge is 0.490 e. The van der Waals surface area contributed by atoms with Crippen LogP contribution >= 0.6 is 11.3 Å². The number of carboxylic acids is 1. The van der Waals surface area contributed by atoms with Crippen molar-refractivity contribution in [1.82, 2.24) is 19.4 Å². The highest BCUT2D eigenvalue weighted by Crippen LogP contribution is 2.30. The molecule has 4 rings (SSSR count). The van der Waals surface area contributed by atoms with E-state index in [-0.39, 0.29) is 0 Å². The van der Waals surface area contributed by atoms with E-state index in [1.54, 1.807) is 11.3 Å². The molecule has 166 valence electrons. The van der Waals surface area contributed by atoms with Gasteiger partial charge in [-0.3, -0.25) is 4.90 Å². The fourth-order valence-corrected chi connectivity index (χ4v) is 4.01. The fraction of sp³-hybridized carbons (Fsp3) is 0.632. The van der Waals surface area contributed by atoms with Crippen molar-refractivity contribution in [2.45, 2.75) is 58.6 Å². The SMILES string of the molecule is Cc1ncsc1CN1CCn2c(COCC3CC3)cnc2C1C.O=C(O)C(F)(F)F. The van der Waals surface area contributed by atoms with Gasteiger partial charge in [-0.25, -0.2) is 14.8 Å². The molecular formula is C19H25F3N4O3S. The lowest BCUT2D eigenvalue weighted by molar-refractivity contribution is -0.192.